The van der Waals surface area contributed by atoms with E-state index in [2.05, 4.69) is 11.1 Å². The Bertz CT molecular complexity index is 661. The Labute approximate surface area is 161 Å². The molecule has 1 aliphatic carbocycles. The number of fused-ring (bicyclic) bond motifs is 1. The van der Waals surface area contributed by atoms with Crippen molar-refractivity contribution in [3.63, 3.8) is 0 Å². The number of nitrogens with zero attached hydrogens (tertiary/aromatic N) is 2. The molecule has 0 spiro atoms. The van der Waals surface area contributed by atoms with Crippen LogP contribution in [0, 0.1) is 11.8 Å². The quantitative estimate of drug-likeness (QED) is 0.546. The standard InChI is InChI=1S/C22H30N2O3/c25-22(12-17-4-2-1-3-5-17)24-13-20-19(16-27-21(20)14-24)8-11-26-15-18-6-9-23-10-7-18/h4,6-7,9-10,19-21H,1-3,5,8,11-16H2/t19-,20-,21-/m0/s1. The van der Waals surface area contributed by atoms with Crippen LogP contribution in [0.4, 0.5) is 0 Å². The van der Waals surface area contributed by atoms with Crippen molar-refractivity contribution in [1.82, 2.24) is 9.88 Å². The second kappa shape index (κ2) is 8.98. The molecular formula is C22H30N2O3. The average Bonchev–Trinajstić information content (AvgIpc) is 3.28. The van der Waals surface area contributed by atoms with Crippen LogP contribution in [0.5, 0.6) is 0 Å². The van der Waals surface area contributed by atoms with Crippen molar-refractivity contribution in [2.75, 3.05) is 26.3 Å². The van der Waals surface area contributed by atoms with E-state index in [9.17, 15) is 4.79 Å². The van der Waals surface area contributed by atoms with Crippen LogP contribution in [-0.4, -0.2) is 48.2 Å². The summed E-state index contributed by atoms with van der Waals surface area (Å²) in [6.45, 7) is 3.79. The molecule has 5 heteroatoms. The van der Waals surface area contributed by atoms with Crippen molar-refractivity contribution < 1.29 is 14.3 Å². The van der Waals surface area contributed by atoms with Crippen molar-refractivity contribution in [1.29, 1.82) is 0 Å². The fourth-order valence-corrected chi connectivity index (χ4v) is 4.57. The summed E-state index contributed by atoms with van der Waals surface area (Å²) in [6.07, 6.45) is 12.4. The number of carbonyl (C=O) groups is 1. The smallest absolute Gasteiger partial charge is 0.226 e. The van der Waals surface area contributed by atoms with E-state index in [1.54, 1.807) is 12.4 Å². The minimum atomic E-state index is 0.222. The number of ether oxygens (including phenoxy) is 2. The predicted octanol–water partition coefficient (Wildman–Crippen LogP) is 3.35. The van der Waals surface area contributed by atoms with Gasteiger partial charge in [-0.25, -0.2) is 0 Å². The van der Waals surface area contributed by atoms with Gasteiger partial charge in [0.1, 0.15) is 0 Å². The van der Waals surface area contributed by atoms with Gasteiger partial charge in [-0.15, -0.1) is 0 Å². The SMILES string of the molecule is O=C(CC1=CCCCC1)N1C[C@H]2[C@@H](CCOCc3ccncc3)CO[C@H]2C1. The average molecular weight is 370 g/mol. The molecule has 3 heterocycles. The van der Waals surface area contributed by atoms with Crippen LogP contribution in [-0.2, 0) is 20.9 Å². The van der Waals surface area contributed by atoms with Gasteiger partial charge in [0.05, 0.1) is 19.3 Å². The summed E-state index contributed by atoms with van der Waals surface area (Å²) in [5, 5.41) is 0. The molecule has 1 aromatic heterocycles. The Balaban J connectivity index is 1.21. The van der Waals surface area contributed by atoms with Crippen molar-refractivity contribution >= 4 is 5.91 Å². The topological polar surface area (TPSA) is 51.7 Å². The number of pyridine rings is 1. The highest BCUT2D eigenvalue weighted by Crippen LogP contribution is 2.36. The fourth-order valence-electron chi connectivity index (χ4n) is 4.57. The van der Waals surface area contributed by atoms with Gasteiger partial charge >= 0.3 is 0 Å². The summed E-state index contributed by atoms with van der Waals surface area (Å²) in [6, 6.07) is 3.97. The number of aromatic nitrogens is 1. The summed E-state index contributed by atoms with van der Waals surface area (Å²) in [5.74, 6) is 1.26. The van der Waals surface area contributed by atoms with E-state index < -0.39 is 0 Å². The first kappa shape index (κ1) is 18.6. The van der Waals surface area contributed by atoms with Crippen LogP contribution in [0.25, 0.3) is 0 Å². The molecule has 2 aliphatic heterocycles. The molecule has 3 atom stereocenters. The molecule has 0 radical (unpaired) electrons. The highest BCUT2D eigenvalue weighted by Gasteiger charge is 2.44. The number of rotatable bonds is 7. The Morgan fingerprint density at radius 2 is 2.15 bits per heavy atom. The molecular weight excluding hydrogens is 340 g/mol. The lowest BCUT2D eigenvalue weighted by Gasteiger charge is -2.21. The molecule has 2 fully saturated rings. The minimum Gasteiger partial charge on any atom is -0.377 e. The lowest BCUT2D eigenvalue weighted by molar-refractivity contribution is -0.130. The first-order chi connectivity index (χ1) is 13.3. The fraction of sp³-hybridized carbons (Fsp3) is 0.636. The third-order valence-corrected chi connectivity index (χ3v) is 6.21. The summed E-state index contributed by atoms with van der Waals surface area (Å²) in [4.78, 5) is 18.7. The van der Waals surface area contributed by atoms with Gasteiger partial charge in [0, 0.05) is 44.4 Å². The molecule has 0 N–H and O–H groups in total. The summed E-state index contributed by atoms with van der Waals surface area (Å²) >= 11 is 0. The molecule has 1 aromatic rings. The van der Waals surface area contributed by atoms with Gasteiger partial charge in [0.2, 0.25) is 5.91 Å². The van der Waals surface area contributed by atoms with Crippen LogP contribution >= 0.6 is 0 Å². The molecule has 4 rings (SSSR count). The van der Waals surface area contributed by atoms with Gasteiger partial charge in [-0.2, -0.15) is 0 Å². The van der Waals surface area contributed by atoms with E-state index in [1.165, 1.54) is 18.4 Å². The number of hydrogen-bond acceptors (Lipinski definition) is 4. The predicted molar refractivity (Wildman–Crippen MR) is 103 cm³/mol. The number of carbonyl (C=O) groups excluding carboxylic acids is 1. The van der Waals surface area contributed by atoms with Gasteiger partial charge in [0.15, 0.2) is 0 Å². The molecule has 0 bridgehead atoms. The molecule has 3 aliphatic rings. The lowest BCUT2D eigenvalue weighted by Crippen LogP contribution is -2.31. The molecule has 0 unspecified atom stereocenters. The number of amides is 1. The molecule has 146 valence electrons. The number of allylic oxidation sites excluding steroid dienone is 1. The highest BCUT2D eigenvalue weighted by atomic mass is 16.5. The normalized spacial score (nSPS) is 27.5. The first-order valence-electron chi connectivity index (χ1n) is 10.3. The van der Waals surface area contributed by atoms with Crippen molar-refractivity contribution in [2.24, 2.45) is 11.8 Å². The minimum absolute atomic E-state index is 0.222. The first-order valence-corrected chi connectivity index (χ1v) is 10.3. The van der Waals surface area contributed by atoms with Gasteiger partial charge in [-0.1, -0.05) is 11.6 Å². The zero-order chi connectivity index (χ0) is 18.5. The number of likely N-dealkylation sites (tertiary alicyclic amines) is 1. The summed E-state index contributed by atoms with van der Waals surface area (Å²) in [7, 11) is 0. The van der Waals surface area contributed by atoms with E-state index in [4.69, 9.17) is 9.47 Å². The van der Waals surface area contributed by atoms with Crippen LogP contribution in [0.1, 0.15) is 44.1 Å². The second-order valence-corrected chi connectivity index (χ2v) is 8.08. The maximum Gasteiger partial charge on any atom is 0.226 e. The second-order valence-electron chi connectivity index (χ2n) is 8.08. The zero-order valence-corrected chi connectivity index (χ0v) is 16.0. The molecule has 0 aromatic carbocycles. The Morgan fingerprint density at radius 1 is 1.26 bits per heavy atom. The summed E-state index contributed by atoms with van der Waals surface area (Å²) < 4.78 is 11.8. The van der Waals surface area contributed by atoms with E-state index in [0.29, 0.717) is 24.9 Å². The van der Waals surface area contributed by atoms with E-state index in [0.717, 1.165) is 51.1 Å². The highest BCUT2D eigenvalue weighted by molar-refractivity contribution is 5.79. The molecule has 1 amide bonds. The molecule has 2 saturated heterocycles. The van der Waals surface area contributed by atoms with Crippen LogP contribution in [0.15, 0.2) is 36.2 Å². The summed E-state index contributed by atoms with van der Waals surface area (Å²) in [5.41, 5.74) is 2.49. The van der Waals surface area contributed by atoms with Crippen LogP contribution in [0.2, 0.25) is 0 Å². The van der Waals surface area contributed by atoms with E-state index >= 15 is 0 Å². The maximum absolute atomic E-state index is 12.7. The van der Waals surface area contributed by atoms with E-state index in [-0.39, 0.29) is 12.0 Å². The Hall–Kier alpha value is -1.72. The largest absolute Gasteiger partial charge is 0.377 e. The Kier molecular flexibility index (Phi) is 6.20. The van der Waals surface area contributed by atoms with Crippen molar-refractivity contribution in [2.45, 2.75) is 51.2 Å². The third kappa shape index (κ3) is 4.77. The monoisotopic (exact) mass is 370 g/mol. The van der Waals surface area contributed by atoms with Crippen molar-refractivity contribution in [3.8, 4) is 0 Å². The zero-order valence-electron chi connectivity index (χ0n) is 16.0. The van der Waals surface area contributed by atoms with Crippen molar-refractivity contribution in [3.05, 3.63) is 41.7 Å². The van der Waals surface area contributed by atoms with Crippen LogP contribution < -0.4 is 0 Å². The van der Waals surface area contributed by atoms with Gasteiger partial charge in [-0.3, -0.25) is 9.78 Å². The van der Waals surface area contributed by atoms with Crippen LogP contribution in [0.3, 0.4) is 0 Å². The molecule has 0 saturated carbocycles. The molecule has 27 heavy (non-hydrogen) atoms. The van der Waals surface area contributed by atoms with Gasteiger partial charge in [-0.05, 0) is 55.7 Å². The third-order valence-electron chi connectivity index (χ3n) is 6.21. The maximum atomic E-state index is 12.7. The number of hydrogen-bond donors (Lipinski definition) is 0. The Morgan fingerprint density at radius 3 is 2.96 bits per heavy atom. The van der Waals surface area contributed by atoms with Gasteiger partial charge < -0.3 is 14.4 Å². The van der Waals surface area contributed by atoms with Gasteiger partial charge in [0.25, 0.3) is 0 Å². The van der Waals surface area contributed by atoms with E-state index in [1.807, 2.05) is 17.0 Å². The molecule has 5 nitrogen and oxygen atoms in total. The lowest BCUT2D eigenvalue weighted by atomic mass is 9.91.